The number of benzene rings is 2. The molecule has 2 aromatic carbocycles. The van der Waals surface area contributed by atoms with Crippen LogP contribution in [0.3, 0.4) is 0 Å². The van der Waals surface area contributed by atoms with Crippen molar-refractivity contribution >= 4 is 11.9 Å². The number of carbonyl (C=O) groups excluding carboxylic acids is 2. The van der Waals surface area contributed by atoms with Crippen LogP contribution < -0.4 is 5.32 Å². The molecule has 2 aromatic rings. The monoisotopic (exact) mass is 319 g/mol. The zero-order valence-corrected chi connectivity index (χ0v) is 13.3. The lowest BCUT2D eigenvalue weighted by molar-refractivity contribution is -0.132. The lowest BCUT2D eigenvalue weighted by Crippen LogP contribution is -2.43. The Morgan fingerprint density at radius 2 is 1.75 bits per heavy atom. The lowest BCUT2D eigenvalue weighted by atomic mass is 9.87. The minimum atomic E-state index is -1.04. The van der Waals surface area contributed by atoms with Crippen LogP contribution in [-0.2, 0) is 16.9 Å². The highest BCUT2D eigenvalue weighted by molar-refractivity contribution is 6.07. The third-order valence-corrected chi connectivity index (χ3v) is 4.44. The first-order valence-electron chi connectivity index (χ1n) is 7.80. The lowest BCUT2D eigenvalue weighted by Gasteiger charge is -2.25. The summed E-state index contributed by atoms with van der Waals surface area (Å²) in [4.78, 5) is 26.7. The largest absolute Gasteiger partial charge is 0.325 e. The average Bonchev–Trinajstić information content (AvgIpc) is 2.88. The molecule has 1 N–H and O–H groups in total. The molecule has 120 valence electrons. The molecule has 1 atom stereocenters. The quantitative estimate of drug-likeness (QED) is 0.881. The summed E-state index contributed by atoms with van der Waals surface area (Å²) in [6, 6.07) is 17.9. The maximum absolute atomic E-state index is 13.0. The molecule has 5 nitrogen and oxygen atoms in total. The third-order valence-electron chi connectivity index (χ3n) is 4.44. The van der Waals surface area contributed by atoms with Gasteiger partial charge in [0.1, 0.15) is 5.54 Å². The molecule has 24 heavy (non-hydrogen) atoms. The minimum Gasteiger partial charge on any atom is -0.319 e. The van der Waals surface area contributed by atoms with Gasteiger partial charge >= 0.3 is 6.03 Å². The number of urea groups is 1. The van der Waals surface area contributed by atoms with E-state index in [9.17, 15) is 14.9 Å². The Hall–Kier alpha value is -3.13. The second kappa shape index (κ2) is 6.17. The van der Waals surface area contributed by atoms with Crippen molar-refractivity contribution < 1.29 is 9.59 Å². The number of imide groups is 1. The maximum Gasteiger partial charge on any atom is 0.325 e. The summed E-state index contributed by atoms with van der Waals surface area (Å²) in [6.45, 7) is 1.96. The van der Waals surface area contributed by atoms with E-state index in [1.807, 2.05) is 37.3 Å². The SMILES string of the molecule is CCC1(c2ccccc2)NC(=O)N(Cc2ccccc2C#N)C1=O. The van der Waals surface area contributed by atoms with E-state index in [2.05, 4.69) is 11.4 Å². The molecule has 5 heteroatoms. The third kappa shape index (κ3) is 2.42. The van der Waals surface area contributed by atoms with Gasteiger partial charge in [-0.2, -0.15) is 5.26 Å². The van der Waals surface area contributed by atoms with Gasteiger partial charge in [0, 0.05) is 0 Å². The summed E-state index contributed by atoms with van der Waals surface area (Å²) >= 11 is 0. The van der Waals surface area contributed by atoms with Crippen LogP contribution in [0, 0.1) is 11.3 Å². The van der Waals surface area contributed by atoms with Gasteiger partial charge in [-0.25, -0.2) is 4.79 Å². The topological polar surface area (TPSA) is 73.2 Å². The molecule has 3 rings (SSSR count). The summed E-state index contributed by atoms with van der Waals surface area (Å²) < 4.78 is 0. The second-order valence-corrected chi connectivity index (χ2v) is 5.72. The highest BCUT2D eigenvalue weighted by Crippen LogP contribution is 2.33. The molecule has 1 aliphatic heterocycles. The van der Waals surface area contributed by atoms with Gasteiger partial charge in [0.15, 0.2) is 0 Å². The van der Waals surface area contributed by atoms with E-state index < -0.39 is 11.6 Å². The first-order valence-corrected chi connectivity index (χ1v) is 7.80. The Labute approximate surface area is 140 Å². The maximum atomic E-state index is 13.0. The molecule has 0 aromatic heterocycles. The molecule has 0 spiro atoms. The number of hydrogen-bond donors (Lipinski definition) is 1. The van der Waals surface area contributed by atoms with E-state index in [1.54, 1.807) is 24.3 Å². The first-order chi connectivity index (χ1) is 11.6. The number of carbonyl (C=O) groups is 2. The summed E-state index contributed by atoms with van der Waals surface area (Å²) in [5, 5.41) is 12.0. The van der Waals surface area contributed by atoms with Crippen molar-refractivity contribution in [1.29, 1.82) is 5.26 Å². The average molecular weight is 319 g/mol. The highest BCUT2D eigenvalue weighted by Gasteiger charge is 2.51. The van der Waals surface area contributed by atoms with E-state index in [0.717, 1.165) is 5.56 Å². The predicted octanol–water partition coefficient (Wildman–Crippen LogP) is 2.92. The molecule has 1 fully saturated rings. The fourth-order valence-electron chi connectivity index (χ4n) is 3.07. The van der Waals surface area contributed by atoms with Gasteiger partial charge in [0.25, 0.3) is 5.91 Å². The van der Waals surface area contributed by atoms with Crippen LogP contribution in [0.25, 0.3) is 0 Å². The molecule has 0 bridgehead atoms. The van der Waals surface area contributed by atoms with E-state index in [0.29, 0.717) is 17.5 Å². The Morgan fingerprint density at radius 3 is 2.42 bits per heavy atom. The van der Waals surface area contributed by atoms with E-state index >= 15 is 0 Å². The number of nitriles is 1. The predicted molar refractivity (Wildman–Crippen MR) is 88.6 cm³/mol. The van der Waals surface area contributed by atoms with Crippen molar-refractivity contribution in [2.75, 3.05) is 0 Å². The Balaban J connectivity index is 1.96. The molecule has 0 radical (unpaired) electrons. The normalized spacial score (nSPS) is 19.9. The number of hydrogen-bond acceptors (Lipinski definition) is 3. The van der Waals surface area contributed by atoms with Crippen LogP contribution in [0.2, 0.25) is 0 Å². The van der Waals surface area contributed by atoms with Crippen molar-refractivity contribution in [3.63, 3.8) is 0 Å². The smallest absolute Gasteiger partial charge is 0.319 e. The van der Waals surface area contributed by atoms with Crippen LogP contribution >= 0.6 is 0 Å². The number of rotatable bonds is 4. The van der Waals surface area contributed by atoms with Gasteiger partial charge in [-0.05, 0) is 23.6 Å². The minimum absolute atomic E-state index is 0.0863. The van der Waals surface area contributed by atoms with Crippen molar-refractivity contribution in [2.24, 2.45) is 0 Å². The van der Waals surface area contributed by atoms with Crippen LogP contribution in [-0.4, -0.2) is 16.8 Å². The van der Waals surface area contributed by atoms with Gasteiger partial charge in [-0.15, -0.1) is 0 Å². The van der Waals surface area contributed by atoms with Gasteiger partial charge in [-0.3, -0.25) is 9.69 Å². The van der Waals surface area contributed by atoms with Crippen LogP contribution in [0.15, 0.2) is 54.6 Å². The zero-order valence-electron chi connectivity index (χ0n) is 13.3. The van der Waals surface area contributed by atoms with Crippen molar-refractivity contribution in [3.8, 4) is 6.07 Å². The summed E-state index contributed by atoms with van der Waals surface area (Å²) in [6.07, 6.45) is 0.456. The Kier molecular flexibility index (Phi) is 4.05. The van der Waals surface area contributed by atoms with E-state index in [1.165, 1.54) is 4.90 Å². The summed E-state index contributed by atoms with van der Waals surface area (Å²) in [5.41, 5.74) is 0.845. The summed E-state index contributed by atoms with van der Waals surface area (Å²) in [5.74, 6) is -0.283. The van der Waals surface area contributed by atoms with Crippen LogP contribution in [0.4, 0.5) is 4.79 Å². The number of amides is 3. The molecule has 0 aliphatic carbocycles. The van der Waals surface area contributed by atoms with Crippen molar-refractivity contribution in [3.05, 3.63) is 71.3 Å². The Bertz CT molecular complexity index is 826. The second-order valence-electron chi connectivity index (χ2n) is 5.72. The fraction of sp³-hybridized carbons (Fsp3) is 0.211. The fourth-order valence-corrected chi connectivity index (χ4v) is 3.07. The van der Waals surface area contributed by atoms with E-state index in [4.69, 9.17) is 0 Å². The van der Waals surface area contributed by atoms with Crippen LogP contribution in [0.1, 0.15) is 30.0 Å². The molecule has 3 amide bonds. The molecular formula is C19H17N3O2. The van der Waals surface area contributed by atoms with Gasteiger partial charge < -0.3 is 5.32 Å². The number of nitrogens with zero attached hydrogens (tertiary/aromatic N) is 2. The molecular weight excluding hydrogens is 302 g/mol. The van der Waals surface area contributed by atoms with Gasteiger partial charge in [-0.1, -0.05) is 55.5 Å². The standard InChI is InChI=1S/C19H17N3O2/c1-2-19(16-10-4-3-5-11-16)17(23)22(18(24)21-19)13-15-9-7-6-8-14(15)12-20/h3-11H,2,13H2,1H3,(H,21,24). The van der Waals surface area contributed by atoms with Gasteiger partial charge in [0.2, 0.25) is 0 Å². The highest BCUT2D eigenvalue weighted by atomic mass is 16.2. The molecule has 1 saturated heterocycles. The van der Waals surface area contributed by atoms with E-state index in [-0.39, 0.29) is 12.5 Å². The van der Waals surface area contributed by atoms with Crippen molar-refractivity contribution in [2.45, 2.75) is 25.4 Å². The Morgan fingerprint density at radius 1 is 1.08 bits per heavy atom. The van der Waals surface area contributed by atoms with Crippen LogP contribution in [0.5, 0.6) is 0 Å². The number of nitrogens with one attached hydrogen (secondary N) is 1. The zero-order chi connectivity index (χ0) is 17.2. The summed E-state index contributed by atoms with van der Waals surface area (Å²) in [7, 11) is 0. The molecule has 0 saturated carbocycles. The van der Waals surface area contributed by atoms with Gasteiger partial charge in [0.05, 0.1) is 18.2 Å². The first kappa shape index (κ1) is 15.8. The molecule has 1 aliphatic rings. The molecule has 1 unspecified atom stereocenters. The van der Waals surface area contributed by atoms with Crippen molar-refractivity contribution in [1.82, 2.24) is 10.2 Å². The molecule has 1 heterocycles.